The van der Waals surface area contributed by atoms with Crippen molar-refractivity contribution in [1.29, 1.82) is 0 Å². The number of hydrogen-bond acceptors (Lipinski definition) is 5. The van der Waals surface area contributed by atoms with Crippen molar-refractivity contribution < 1.29 is 9.90 Å². The Kier molecular flexibility index (Phi) is 3.80. The maximum absolute atomic E-state index is 12.7. The smallest absolute Gasteiger partial charge is 0.211 e. The first-order valence-electron chi connectivity index (χ1n) is 7.66. The minimum Gasteiger partial charge on any atom is -0.506 e. The van der Waals surface area contributed by atoms with Crippen LogP contribution in [0.4, 0.5) is 5.69 Å². The van der Waals surface area contributed by atoms with Crippen LogP contribution in [0, 0.1) is 0 Å². The summed E-state index contributed by atoms with van der Waals surface area (Å²) < 4.78 is 0. The Morgan fingerprint density at radius 1 is 1.00 bits per heavy atom. The van der Waals surface area contributed by atoms with Gasteiger partial charge in [-0.25, -0.2) is 0 Å². The highest BCUT2D eigenvalue weighted by molar-refractivity contribution is 6.31. The number of nitrogens with one attached hydrogen (secondary N) is 2. The van der Waals surface area contributed by atoms with Crippen molar-refractivity contribution >= 4 is 33.8 Å². The quantitative estimate of drug-likeness (QED) is 0.627. The highest BCUT2D eigenvalue weighted by atomic mass is 35.5. The summed E-state index contributed by atoms with van der Waals surface area (Å²) in [7, 11) is 0. The molecule has 1 aliphatic heterocycles. The van der Waals surface area contributed by atoms with Crippen LogP contribution in [-0.4, -0.2) is 10.9 Å². The molecule has 0 atom stereocenters. The van der Waals surface area contributed by atoms with E-state index in [9.17, 15) is 9.90 Å². The molecule has 124 valence electrons. The summed E-state index contributed by atoms with van der Waals surface area (Å²) in [5.74, 6) is -0.100. The van der Waals surface area contributed by atoms with Crippen molar-refractivity contribution in [3.8, 4) is 5.75 Å². The zero-order chi connectivity index (χ0) is 17.4. The summed E-state index contributed by atoms with van der Waals surface area (Å²) in [6, 6.07) is 18.1. The number of carbonyl (C=O) groups is 1. The maximum Gasteiger partial charge on any atom is 0.211 e. The van der Waals surface area contributed by atoms with Gasteiger partial charge in [0.2, 0.25) is 5.78 Å². The SMILES string of the molecule is O=C(C1=CN(c2cc(Cl)ccc2O)NN1)c1ccc2ccccc2c1. The van der Waals surface area contributed by atoms with E-state index in [1.807, 2.05) is 36.4 Å². The van der Waals surface area contributed by atoms with Crippen molar-refractivity contribution in [2.45, 2.75) is 0 Å². The van der Waals surface area contributed by atoms with Crippen LogP contribution >= 0.6 is 11.6 Å². The minimum absolute atomic E-state index is 0.0503. The third-order valence-electron chi connectivity index (χ3n) is 4.02. The highest BCUT2D eigenvalue weighted by Crippen LogP contribution is 2.31. The second-order valence-electron chi connectivity index (χ2n) is 5.67. The normalized spacial score (nSPS) is 13.6. The number of phenols is 1. The molecular weight excluding hydrogens is 338 g/mol. The molecule has 3 N–H and O–H groups in total. The number of aromatic hydroxyl groups is 1. The van der Waals surface area contributed by atoms with Crippen molar-refractivity contribution in [3.63, 3.8) is 0 Å². The zero-order valence-electron chi connectivity index (χ0n) is 13.0. The Hall–Kier alpha value is -3.02. The molecule has 5 nitrogen and oxygen atoms in total. The molecule has 0 unspecified atom stereocenters. The molecule has 1 heterocycles. The first kappa shape index (κ1) is 15.5. The standard InChI is InChI=1S/C19H14ClN3O2/c20-15-7-8-18(24)17(10-15)23-11-16(21-22-23)19(25)14-6-5-12-3-1-2-4-13(12)9-14/h1-11,21-22,24H. The summed E-state index contributed by atoms with van der Waals surface area (Å²) in [6.45, 7) is 0. The number of Topliss-reactive ketones (excluding diaryl/α,β-unsaturated/α-hetero) is 1. The first-order valence-corrected chi connectivity index (χ1v) is 8.04. The molecule has 0 saturated carbocycles. The Morgan fingerprint density at radius 2 is 1.80 bits per heavy atom. The van der Waals surface area contributed by atoms with Gasteiger partial charge in [-0.2, -0.15) is 0 Å². The van der Waals surface area contributed by atoms with E-state index in [2.05, 4.69) is 11.0 Å². The van der Waals surface area contributed by atoms with Gasteiger partial charge in [-0.15, -0.1) is 5.53 Å². The summed E-state index contributed by atoms with van der Waals surface area (Å²) in [5.41, 5.74) is 7.06. The number of rotatable bonds is 3. The third kappa shape index (κ3) is 2.91. The van der Waals surface area contributed by atoms with Crippen LogP contribution in [0.2, 0.25) is 5.02 Å². The highest BCUT2D eigenvalue weighted by Gasteiger charge is 2.22. The zero-order valence-corrected chi connectivity index (χ0v) is 13.8. The molecule has 0 aliphatic carbocycles. The molecular formula is C19H14ClN3O2. The van der Waals surface area contributed by atoms with Gasteiger partial charge in [-0.1, -0.05) is 48.0 Å². The molecule has 1 aliphatic rings. The van der Waals surface area contributed by atoms with Crippen molar-refractivity contribution in [2.75, 3.05) is 5.01 Å². The second kappa shape index (κ2) is 6.12. The number of nitrogens with zero attached hydrogens (tertiary/aromatic N) is 1. The molecule has 0 saturated heterocycles. The van der Waals surface area contributed by atoms with Gasteiger partial charge in [0.1, 0.15) is 17.1 Å². The Labute approximate surface area is 149 Å². The van der Waals surface area contributed by atoms with Gasteiger partial charge < -0.3 is 5.11 Å². The molecule has 0 spiro atoms. The van der Waals surface area contributed by atoms with Gasteiger partial charge >= 0.3 is 0 Å². The van der Waals surface area contributed by atoms with Gasteiger partial charge in [-0.3, -0.25) is 15.2 Å². The number of carbonyl (C=O) groups excluding carboxylic acids is 1. The Morgan fingerprint density at radius 3 is 2.64 bits per heavy atom. The van der Waals surface area contributed by atoms with Gasteiger partial charge in [0.25, 0.3) is 0 Å². The van der Waals surface area contributed by atoms with Crippen LogP contribution in [0.5, 0.6) is 5.75 Å². The van der Waals surface area contributed by atoms with Crippen molar-refractivity contribution in [1.82, 2.24) is 11.0 Å². The van der Waals surface area contributed by atoms with Crippen molar-refractivity contribution in [3.05, 3.63) is 83.1 Å². The lowest BCUT2D eigenvalue weighted by Crippen LogP contribution is -2.37. The summed E-state index contributed by atoms with van der Waals surface area (Å²) in [4.78, 5) is 12.7. The fourth-order valence-electron chi connectivity index (χ4n) is 2.73. The molecule has 6 heteroatoms. The van der Waals surface area contributed by atoms with Gasteiger partial charge in [0, 0.05) is 10.6 Å². The Bertz CT molecular complexity index is 1020. The lowest BCUT2D eigenvalue weighted by atomic mass is 10.0. The number of ketones is 1. The molecule has 0 fully saturated rings. The summed E-state index contributed by atoms with van der Waals surface area (Å²) in [6.07, 6.45) is 1.59. The van der Waals surface area contributed by atoms with Gasteiger partial charge in [0.05, 0.1) is 6.20 Å². The molecule has 0 bridgehead atoms. The number of benzene rings is 3. The van der Waals surface area contributed by atoms with E-state index in [1.165, 1.54) is 11.1 Å². The second-order valence-corrected chi connectivity index (χ2v) is 6.11. The summed E-state index contributed by atoms with van der Waals surface area (Å²) >= 11 is 5.97. The van der Waals surface area contributed by atoms with Crippen LogP contribution in [0.3, 0.4) is 0 Å². The number of phenolic OH excluding ortho intramolecular Hbond substituents is 1. The average Bonchev–Trinajstić information content (AvgIpc) is 3.12. The van der Waals surface area contributed by atoms with E-state index in [4.69, 9.17) is 11.6 Å². The number of hydrogen-bond donors (Lipinski definition) is 3. The number of halogens is 1. The maximum atomic E-state index is 12.7. The Balaban J connectivity index is 1.64. The van der Waals surface area contributed by atoms with Gasteiger partial charge in [-0.05, 0) is 35.0 Å². The lowest BCUT2D eigenvalue weighted by Gasteiger charge is -2.16. The van der Waals surface area contributed by atoms with Gasteiger partial charge in [0.15, 0.2) is 0 Å². The largest absolute Gasteiger partial charge is 0.506 e. The van der Waals surface area contributed by atoms with Crippen LogP contribution < -0.4 is 16.0 Å². The monoisotopic (exact) mass is 351 g/mol. The number of hydrazine groups is 2. The van der Waals surface area contributed by atoms with E-state index >= 15 is 0 Å². The van der Waals surface area contributed by atoms with Crippen LogP contribution in [0.25, 0.3) is 10.8 Å². The lowest BCUT2D eigenvalue weighted by molar-refractivity contribution is 0.102. The van der Waals surface area contributed by atoms with E-state index < -0.39 is 0 Å². The fraction of sp³-hybridized carbons (Fsp3) is 0. The van der Waals surface area contributed by atoms with E-state index in [-0.39, 0.29) is 11.5 Å². The third-order valence-corrected chi connectivity index (χ3v) is 4.26. The molecule has 0 radical (unpaired) electrons. The molecule has 25 heavy (non-hydrogen) atoms. The number of allylic oxidation sites excluding steroid dienone is 1. The van der Waals surface area contributed by atoms with Crippen LogP contribution in [-0.2, 0) is 0 Å². The fourth-order valence-corrected chi connectivity index (χ4v) is 2.90. The molecule has 0 aromatic heterocycles. The predicted molar refractivity (Wildman–Crippen MR) is 98.2 cm³/mol. The first-order chi connectivity index (χ1) is 12.1. The molecule has 3 aromatic rings. The topological polar surface area (TPSA) is 64.6 Å². The minimum atomic E-state index is -0.151. The van der Waals surface area contributed by atoms with E-state index in [0.29, 0.717) is 22.0 Å². The van der Waals surface area contributed by atoms with E-state index in [1.54, 1.807) is 24.4 Å². The molecule has 4 rings (SSSR count). The number of fused-ring (bicyclic) bond motifs is 1. The van der Waals surface area contributed by atoms with Crippen LogP contribution in [0.15, 0.2) is 72.6 Å². The van der Waals surface area contributed by atoms with Crippen molar-refractivity contribution in [2.24, 2.45) is 0 Å². The molecule has 0 amide bonds. The summed E-state index contributed by atoms with van der Waals surface area (Å²) in [5, 5.41) is 14.0. The average molecular weight is 352 g/mol. The van der Waals surface area contributed by atoms with Crippen LogP contribution in [0.1, 0.15) is 10.4 Å². The molecule has 3 aromatic carbocycles. The number of anilines is 1. The van der Waals surface area contributed by atoms with E-state index in [0.717, 1.165) is 10.8 Å². The predicted octanol–water partition coefficient (Wildman–Crippen LogP) is 3.75.